The molecule has 0 aromatic heterocycles. The molecule has 0 radical (unpaired) electrons. The van der Waals surface area contributed by atoms with Crippen LogP contribution in [0.15, 0.2) is 0 Å². The van der Waals surface area contributed by atoms with Crippen molar-refractivity contribution in [3.63, 3.8) is 0 Å². The van der Waals surface area contributed by atoms with Crippen LogP contribution in [-0.4, -0.2) is 30.8 Å². The van der Waals surface area contributed by atoms with Gasteiger partial charge in [-0.05, 0) is 34.7 Å². The molecule has 0 aromatic carbocycles. The van der Waals surface area contributed by atoms with Crippen LogP contribution >= 0.6 is 0 Å². The van der Waals surface area contributed by atoms with Crippen molar-refractivity contribution in [2.24, 2.45) is 0 Å². The van der Waals surface area contributed by atoms with E-state index in [1.54, 1.807) is 6.92 Å². The molecule has 1 N–H and O–H groups in total. The van der Waals surface area contributed by atoms with Crippen LogP contribution in [0, 0.1) is 0 Å². The summed E-state index contributed by atoms with van der Waals surface area (Å²) in [6.45, 7) is 7.25. The summed E-state index contributed by atoms with van der Waals surface area (Å²) >= 11 is 0. The van der Waals surface area contributed by atoms with E-state index in [2.05, 4.69) is 5.32 Å². The normalized spacial score (nSPS) is 16.8. The van der Waals surface area contributed by atoms with E-state index in [0.29, 0.717) is 0 Å². The zero-order chi connectivity index (χ0) is 10.6. The van der Waals surface area contributed by atoms with Crippen molar-refractivity contribution < 1.29 is 13.9 Å². The van der Waals surface area contributed by atoms with E-state index >= 15 is 0 Å². The second kappa shape index (κ2) is 4.67. The third-order valence-electron chi connectivity index (χ3n) is 1.56. The summed E-state index contributed by atoms with van der Waals surface area (Å²) in [6, 6.07) is -2.27. The van der Waals surface area contributed by atoms with Crippen LogP contribution in [-0.2, 0) is 9.53 Å². The van der Waals surface area contributed by atoms with Crippen molar-refractivity contribution >= 4 is 6.04 Å². The first-order valence-electron chi connectivity index (χ1n) is 4.32. The summed E-state index contributed by atoms with van der Waals surface area (Å²) < 4.78 is 17.8. The van der Waals surface area contributed by atoms with Gasteiger partial charge < -0.3 is 10.1 Å². The van der Waals surface area contributed by atoms with Crippen LogP contribution in [0.3, 0.4) is 0 Å². The highest BCUT2D eigenvalue weighted by atomic mass is 19.1. The van der Waals surface area contributed by atoms with Gasteiger partial charge in [-0.25, -0.2) is 0 Å². The van der Waals surface area contributed by atoms with Crippen molar-refractivity contribution in [2.45, 2.75) is 45.4 Å². The molecule has 0 amide bonds. The molecular weight excluding hydrogens is 173 g/mol. The first-order valence-corrected chi connectivity index (χ1v) is 4.32. The van der Waals surface area contributed by atoms with E-state index in [0.717, 1.165) is 0 Å². The Morgan fingerprint density at radius 2 is 1.92 bits per heavy atom. The minimum atomic E-state index is -1.39. The lowest BCUT2D eigenvalue weighted by Gasteiger charge is -2.28. The van der Waals surface area contributed by atoms with E-state index in [4.69, 9.17) is 4.74 Å². The standard InChI is InChI=1S/C9H18FNO2/c1-6(13-9(2,3)4)7(11-5)8(10)12/h6-7,11H,1-5H3/t6-,7+/m1/s1. The molecule has 0 saturated heterocycles. The quantitative estimate of drug-likeness (QED) is 0.680. The van der Waals surface area contributed by atoms with Gasteiger partial charge in [0, 0.05) is 0 Å². The minimum absolute atomic E-state index is 0.371. The fourth-order valence-corrected chi connectivity index (χ4v) is 1.16. The summed E-state index contributed by atoms with van der Waals surface area (Å²) in [5.74, 6) is 0. The van der Waals surface area contributed by atoms with E-state index in [1.807, 2.05) is 20.8 Å². The fraction of sp³-hybridized carbons (Fsp3) is 0.889. The molecule has 13 heavy (non-hydrogen) atoms. The molecular formula is C9H18FNO2. The monoisotopic (exact) mass is 191 g/mol. The summed E-state index contributed by atoms with van der Waals surface area (Å²) in [7, 11) is 1.53. The predicted octanol–water partition coefficient (Wildman–Crippen LogP) is 1.27. The van der Waals surface area contributed by atoms with Crippen LogP contribution in [0.2, 0.25) is 0 Å². The van der Waals surface area contributed by atoms with Gasteiger partial charge in [-0.3, -0.25) is 4.79 Å². The Kier molecular flexibility index (Phi) is 4.50. The van der Waals surface area contributed by atoms with Crippen LogP contribution in [0.4, 0.5) is 4.39 Å². The molecule has 0 aliphatic carbocycles. The third-order valence-corrected chi connectivity index (χ3v) is 1.56. The Morgan fingerprint density at radius 3 is 2.15 bits per heavy atom. The van der Waals surface area contributed by atoms with Crippen molar-refractivity contribution in [1.82, 2.24) is 5.32 Å². The lowest BCUT2D eigenvalue weighted by atomic mass is 10.1. The largest absolute Gasteiger partial charge is 0.371 e. The molecule has 0 heterocycles. The molecule has 0 rings (SSSR count). The highest BCUT2D eigenvalue weighted by molar-refractivity contribution is 5.75. The Morgan fingerprint density at radius 1 is 1.46 bits per heavy atom. The van der Waals surface area contributed by atoms with Crippen molar-refractivity contribution in [3.8, 4) is 0 Å². The maximum absolute atomic E-state index is 12.4. The summed E-state index contributed by atoms with van der Waals surface area (Å²) in [6.07, 6.45) is -0.470. The van der Waals surface area contributed by atoms with Crippen molar-refractivity contribution in [3.05, 3.63) is 0 Å². The Balaban J connectivity index is 4.22. The molecule has 0 aliphatic rings. The van der Waals surface area contributed by atoms with Crippen LogP contribution in [0.25, 0.3) is 0 Å². The number of hydrogen-bond donors (Lipinski definition) is 1. The lowest BCUT2D eigenvalue weighted by Crippen LogP contribution is -2.45. The Hall–Kier alpha value is -0.480. The zero-order valence-electron chi connectivity index (χ0n) is 8.85. The molecule has 0 saturated carbocycles. The fourth-order valence-electron chi connectivity index (χ4n) is 1.16. The number of halogens is 1. The predicted molar refractivity (Wildman–Crippen MR) is 49.3 cm³/mol. The molecule has 3 nitrogen and oxygen atoms in total. The van der Waals surface area contributed by atoms with E-state index in [1.165, 1.54) is 7.05 Å². The number of ether oxygens (including phenoxy) is 1. The number of rotatable bonds is 4. The van der Waals surface area contributed by atoms with E-state index in [9.17, 15) is 9.18 Å². The number of likely N-dealkylation sites (N-methyl/N-ethyl adjacent to an activating group) is 1. The summed E-state index contributed by atoms with van der Waals surface area (Å²) in [5, 5.41) is 2.57. The van der Waals surface area contributed by atoms with Gasteiger partial charge in [0.25, 0.3) is 0 Å². The number of carbonyl (C=O) groups is 1. The molecule has 0 unspecified atom stereocenters. The number of hydrogen-bond acceptors (Lipinski definition) is 3. The van der Waals surface area contributed by atoms with E-state index < -0.39 is 18.2 Å². The maximum Gasteiger partial charge on any atom is 0.320 e. The molecule has 0 spiro atoms. The van der Waals surface area contributed by atoms with Gasteiger partial charge in [0.05, 0.1) is 11.7 Å². The highest BCUT2D eigenvalue weighted by Gasteiger charge is 2.27. The molecule has 0 aliphatic heterocycles. The first kappa shape index (κ1) is 12.5. The Bertz CT molecular complexity index is 177. The second-order valence-electron chi connectivity index (χ2n) is 4.01. The molecule has 0 aromatic rings. The number of nitrogens with one attached hydrogen (secondary N) is 1. The highest BCUT2D eigenvalue weighted by Crippen LogP contribution is 2.13. The average Bonchev–Trinajstić information content (AvgIpc) is 1.82. The molecule has 78 valence electrons. The Labute approximate surface area is 78.6 Å². The van der Waals surface area contributed by atoms with Crippen LogP contribution in [0.1, 0.15) is 27.7 Å². The summed E-state index contributed by atoms with van der Waals surface area (Å²) in [4.78, 5) is 10.5. The van der Waals surface area contributed by atoms with E-state index in [-0.39, 0.29) is 5.60 Å². The molecule has 4 heteroatoms. The van der Waals surface area contributed by atoms with Crippen LogP contribution in [0.5, 0.6) is 0 Å². The second-order valence-corrected chi connectivity index (χ2v) is 4.01. The third kappa shape index (κ3) is 4.95. The number of carbonyl (C=O) groups excluding carboxylic acids is 1. The maximum atomic E-state index is 12.4. The van der Waals surface area contributed by atoms with Gasteiger partial charge in [0.1, 0.15) is 6.04 Å². The average molecular weight is 191 g/mol. The van der Waals surface area contributed by atoms with Gasteiger partial charge in [0.2, 0.25) is 0 Å². The van der Waals surface area contributed by atoms with Gasteiger partial charge in [-0.1, -0.05) is 0 Å². The summed E-state index contributed by atoms with van der Waals surface area (Å²) in [5.41, 5.74) is -0.371. The molecule has 2 atom stereocenters. The van der Waals surface area contributed by atoms with Gasteiger partial charge in [-0.2, -0.15) is 4.39 Å². The molecule has 0 bridgehead atoms. The van der Waals surface area contributed by atoms with Gasteiger partial charge in [-0.15, -0.1) is 0 Å². The molecule has 0 fully saturated rings. The van der Waals surface area contributed by atoms with Crippen molar-refractivity contribution in [1.29, 1.82) is 0 Å². The van der Waals surface area contributed by atoms with Gasteiger partial charge >= 0.3 is 6.04 Å². The topological polar surface area (TPSA) is 38.3 Å². The zero-order valence-corrected chi connectivity index (χ0v) is 8.85. The SMILES string of the molecule is CN[C@H](C(=O)F)[C@@H](C)OC(C)(C)C. The first-order chi connectivity index (χ1) is 5.78. The lowest BCUT2D eigenvalue weighted by molar-refractivity contribution is -0.139. The minimum Gasteiger partial charge on any atom is -0.371 e. The van der Waals surface area contributed by atoms with Gasteiger partial charge in [0.15, 0.2) is 0 Å². The smallest absolute Gasteiger partial charge is 0.320 e. The van der Waals surface area contributed by atoms with Crippen molar-refractivity contribution in [2.75, 3.05) is 7.05 Å². The van der Waals surface area contributed by atoms with Crippen LogP contribution < -0.4 is 5.32 Å².